The summed E-state index contributed by atoms with van der Waals surface area (Å²) in [5.74, 6) is 0.422. The monoisotopic (exact) mass is 255 g/mol. The van der Waals surface area contributed by atoms with Crippen LogP contribution in [-0.2, 0) is 4.79 Å². The third kappa shape index (κ3) is 3.39. The lowest BCUT2D eigenvalue weighted by molar-refractivity contribution is -0.126. The van der Waals surface area contributed by atoms with Gasteiger partial charge in [-0.15, -0.1) is 0 Å². The van der Waals surface area contributed by atoms with Crippen molar-refractivity contribution in [2.45, 2.75) is 44.7 Å². The quantitative estimate of drug-likeness (QED) is 0.724. The average molecular weight is 255 g/mol. The summed E-state index contributed by atoms with van der Waals surface area (Å²) in [5, 5.41) is 3.05. The van der Waals surface area contributed by atoms with E-state index in [1.165, 1.54) is 0 Å². The summed E-state index contributed by atoms with van der Waals surface area (Å²) in [6.45, 7) is 3.77. The Balaban J connectivity index is 1.86. The summed E-state index contributed by atoms with van der Waals surface area (Å²) < 4.78 is 0. The number of nitrogens with two attached hydrogens (primary N) is 1. The minimum atomic E-state index is -0.0623. The molecule has 17 heavy (non-hydrogen) atoms. The van der Waals surface area contributed by atoms with E-state index in [0.717, 1.165) is 38.8 Å². The minimum Gasteiger partial charge on any atom is -0.393 e. The molecule has 1 heterocycles. The molecule has 4 nitrogen and oxygen atoms in total. The van der Waals surface area contributed by atoms with Crippen LogP contribution in [0.3, 0.4) is 0 Å². The molecule has 2 unspecified atom stereocenters. The number of nitrogens with zero attached hydrogens (tertiary/aromatic N) is 1. The van der Waals surface area contributed by atoms with E-state index in [0.29, 0.717) is 11.0 Å². The first-order valence-electron chi connectivity index (χ1n) is 6.41. The van der Waals surface area contributed by atoms with Crippen molar-refractivity contribution in [3.8, 4) is 0 Å². The zero-order chi connectivity index (χ0) is 12.4. The molecule has 0 spiro atoms. The zero-order valence-corrected chi connectivity index (χ0v) is 11.1. The molecule has 0 aromatic carbocycles. The van der Waals surface area contributed by atoms with Gasteiger partial charge in [0.15, 0.2) is 0 Å². The summed E-state index contributed by atoms with van der Waals surface area (Å²) in [5.41, 5.74) is 5.70. The molecule has 5 heteroatoms. The lowest BCUT2D eigenvalue weighted by atomic mass is 9.97. The predicted octanol–water partition coefficient (Wildman–Crippen LogP) is 0.652. The first-order chi connectivity index (χ1) is 8.08. The number of carbonyl (C=O) groups is 1. The molecule has 1 aliphatic carbocycles. The van der Waals surface area contributed by atoms with E-state index < -0.39 is 0 Å². The summed E-state index contributed by atoms with van der Waals surface area (Å²) in [6, 6.07) is 0.369. The van der Waals surface area contributed by atoms with Gasteiger partial charge in [-0.2, -0.15) is 0 Å². The predicted molar refractivity (Wildman–Crippen MR) is 71.7 cm³/mol. The number of likely N-dealkylation sites (tertiary alicyclic amines) is 1. The molecule has 0 bridgehead atoms. The molecular formula is C12H21N3OS. The SMILES string of the molecule is CC(C(=O)NC1CC1)N1CCCC(C(N)=S)C1. The van der Waals surface area contributed by atoms with Crippen LogP contribution in [-0.4, -0.2) is 41.0 Å². The van der Waals surface area contributed by atoms with E-state index in [1.54, 1.807) is 0 Å². The highest BCUT2D eigenvalue weighted by Crippen LogP contribution is 2.21. The maximum absolute atomic E-state index is 12.0. The van der Waals surface area contributed by atoms with Crippen molar-refractivity contribution in [1.29, 1.82) is 0 Å². The Morgan fingerprint density at radius 3 is 2.76 bits per heavy atom. The Morgan fingerprint density at radius 2 is 2.18 bits per heavy atom. The van der Waals surface area contributed by atoms with Crippen LogP contribution >= 0.6 is 12.2 Å². The van der Waals surface area contributed by atoms with Crippen molar-refractivity contribution in [3.63, 3.8) is 0 Å². The number of hydrogen-bond acceptors (Lipinski definition) is 3. The third-order valence-electron chi connectivity index (χ3n) is 3.71. The first-order valence-corrected chi connectivity index (χ1v) is 6.82. The Bertz CT molecular complexity index is 317. The molecule has 2 rings (SSSR count). The van der Waals surface area contributed by atoms with Gasteiger partial charge in [0.05, 0.1) is 11.0 Å². The van der Waals surface area contributed by atoms with Crippen LogP contribution < -0.4 is 11.1 Å². The highest BCUT2D eigenvalue weighted by atomic mass is 32.1. The highest BCUT2D eigenvalue weighted by Gasteiger charge is 2.31. The van der Waals surface area contributed by atoms with E-state index >= 15 is 0 Å². The Kier molecular flexibility index (Phi) is 3.99. The molecule has 1 saturated heterocycles. The van der Waals surface area contributed by atoms with Gasteiger partial charge in [-0.3, -0.25) is 9.69 Å². The standard InChI is InChI=1S/C12H21N3OS/c1-8(12(16)14-10-4-5-10)15-6-2-3-9(7-15)11(13)17/h8-10H,2-7H2,1H3,(H2,13,17)(H,14,16). The molecule has 1 amide bonds. The fourth-order valence-corrected chi connectivity index (χ4v) is 2.50. The van der Waals surface area contributed by atoms with Crippen LogP contribution in [0, 0.1) is 5.92 Å². The molecular weight excluding hydrogens is 234 g/mol. The number of carbonyl (C=O) groups excluding carboxylic acids is 1. The van der Waals surface area contributed by atoms with E-state index in [1.807, 2.05) is 6.92 Å². The number of thiocarbonyl (C=S) groups is 1. The Hall–Kier alpha value is -0.680. The molecule has 96 valence electrons. The second-order valence-electron chi connectivity index (χ2n) is 5.20. The van der Waals surface area contributed by atoms with Crippen LogP contribution in [0.2, 0.25) is 0 Å². The van der Waals surface area contributed by atoms with Crippen molar-refractivity contribution in [1.82, 2.24) is 10.2 Å². The van der Waals surface area contributed by atoms with Gasteiger partial charge in [-0.25, -0.2) is 0 Å². The summed E-state index contributed by atoms with van der Waals surface area (Å²) >= 11 is 5.05. The highest BCUT2D eigenvalue weighted by molar-refractivity contribution is 7.80. The molecule has 1 saturated carbocycles. The number of nitrogens with one attached hydrogen (secondary N) is 1. The first kappa shape index (κ1) is 12.8. The van der Waals surface area contributed by atoms with Gasteiger partial charge in [0.1, 0.15) is 0 Å². The maximum atomic E-state index is 12.0. The molecule has 0 aromatic heterocycles. The summed E-state index contributed by atoms with van der Waals surface area (Å²) in [6.07, 6.45) is 4.40. The Morgan fingerprint density at radius 1 is 1.47 bits per heavy atom. The van der Waals surface area contributed by atoms with Crippen molar-refractivity contribution in [2.24, 2.45) is 11.7 Å². The molecule has 2 aliphatic rings. The smallest absolute Gasteiger partial charge is 0.237 e. The fourth-order valence-electron chi connectivity index (χ4n) is 2.31. The van der Waals surface area contributed by atoms with Gasteiger partial charge >= 0.3 is 0 Å². The van der Waals surface area contributed by atoms with Crippen LogP contribution in [0.4, 0.5) is 0 Å². The van der Waals surface area contributed by atoms with Gasteiger partial charge in [0, 0.05) is 18.5 Å². The minimum absolute atomic E-state index is 0.0623. The van der Waals surface area contributed by atoms with Crippen molar-refractivity contribution in [2.75, 3.05) is 13.1 Å². The number of rotatable bonds is 4. The van der Waals surface area contributed by atoms with Gasteiger partial charge in [-0.1, -0.05) is 12.2 Å². The molecule has 1 aliphatic heterocycles. The molecule has 2 atom stereocenters. The van der Waals surface area contributed by atoms with E-state index in [2.05, 4.69) is 10.2 Å². The van der Waals surface area contributed by atoms with E-state index in [9.17, 15) is 4.79 Å². The van der Waals surface area contributed by atoms with Crippen molar-refractivity contribution in [3.05, 3.63) is 0 Å². The van der Waals surface area contributed by atoms with Gasteiger partial charge in [-0.05, 0) is 39.2 Å². The summed E-state index contributed by atoms with van der Waals surface area (Å²) in [7, 11) is 0. The average Bonchev–Trinajstić information content (AvgIpc) is 3.12. The third-order valence-corrected chi connectivity index (χ3v) is 4.04. The lowest BCUT2D eigenvalue weighted by Crippen LogP contribution is -2.51. The van der Waals surface area contributed by atoms with E-state index in [-0.39, 0.29) is 17.9 Å². The largest absolute Gasteiger partial charge is 0.393 e. The molecule has 3 N–H and O–H groups in total. The van der Waals surface area contributed by atoms with Crippen LogP contribution in [0.1, 0.15) is 32.6 Å². The number of hydrogen-bond donors (Lipinski definition) is 2. The summed E-state index contributed by atoms with van der Waals surface area (Å²) in [4.78, 5) is 14.7. The van der Waals surface area contributed by atoms with Crippen LogP contribution in [0.15, 0.2) is 0 Å². The maximum Gasteiger partial charge on any atom is 0.237 e. The lowest BCUT2D eigenvalue weighted by Gasteiger charge is -2.35. The van der Waals surface area contributed by atoms with Gasteiger partial charge in [0.25, 0.3) is 0 Å². The van der Waals surface area contributed by atoms with Crippen molar-refractivity contribution >= 4 is 23.1 Å². The number of piperidine rings is 1. The van der Waals surface area contributed by atoms with Crippen molar-refractivity contribution < 1.29 is 4.79 Å². The Labute approximate surface area is 108 Å². The van der Waals surface area contributed by atoms with E-state index in [4.69, 9.17) is 18.0 Å². The molecule has 2 fully saturated rings. The normalized spacial score (nSPS) is 27.5. The van der Waals surface area contributed by atoms with Gasteiger partial charge < -0.3 is 11.1 Å². The number of amides is 1. The van der Waals surface area contributed by atoms with Crippen LogP contribution in [0.5, 0.6) is 0 Å². The molecule has 0 aromatic rings. The van der Waals surface area contributed by atoms with Gasteiger partial charge in [0.2, 0.25) is 5.91 Å². The zero-order valence-electron chi connectivity index (χ0n) is 10.3. The topological polar surface area (TPSA) is 58.4 Å². The second-order valence-corrected chi connectivity index (χ2v) is 5.67. The fraction of sp³-hybridized carbons (Fsp3) is 0.833. The van der Waals surface area contributed by atoms with Crippen LogP contribution in [0.25, 0.3) is 0 Å². The second kappa shape index (κ2) is 5.31. The molecule has 0 radical (unpaired) electrons.